The summed E-state index contributed by atoms with van der Waals surface area (Å²) in [5, 5.41) is 0. The highest BCUT2D eigenvalue weighted by atomic mass is 79.9. The normalized spacial score (nSPS) is 17.9. The van der Waals surface area contributed by atoms with Gasteiger partial charge in [0.2, 0.25) is 0 Å². The molecule has 0 amide bonds. The van der Waals surface area contributed by atoms with Gasteiger partial charge in [-0.25, -0.2) is 0 Å². The Morgan fingerprint density at radius 1 is 1.17 bits per heavy atom. The molecule has 1 heterocycles. The van der Waals surface area contributed by atoms with Crippen LogP contribution < -0.4 is 4.90 Å². The molecular weight excluding hydrogens is 286 g/mol. The van der Waals surface area contributed by atoms with E-state index in [1.165, 1.54) is 16.8 Å². The summed E-state index contributed by atoms with van der Waals surface area (Å²) >= 11 is 3.57. The fourth-order valence-corrected chi connectivity index (χ4v) is 3.01. The van der Waals surface area contributed by atoms with Gasteiger partial charge in [-0.15, -0.1) is 0 Å². The first-order valence-electron chi connectivity index (χ1n) is 6.33. The molecule has 2 aromatic carbocycles. The summed E-state index contributed by atoms with van der Waals surface area (Å²) in [7, 11) is 0. The van der Waals surface area contributed by atoms with E-state index in [1.807, 2.05) is 0 Å². The molecule has 0 aliphatic carbocycles. The van der Waals surface area contributed by atoms with Gasteiger partial charge in [0.1, 0.15) is 0 Å². The van der Waals surface area contributed by atoms with Crippen molar-refractivity contribution in [3.8, 4) is 0 Å². The Balaban J connectivity index is 1.92. The van der Waals surface area contributed by atoms with Gasteiger partial charge in [0.15, 0.2) is 0 Å². The predicted octanol–water partition coefficient (Wildman–Crippen LogP) is 4.40. The molecule has 0 saturated heterocycles. The number of fused-ring (bicyclic) bond motifs is 1. The van der Waals surface area contributed by atoms with Crippen LogP contribution in [0.3, 0.4) is 0 Å². The van der Waals surface area contributed by atoms with Crippen molar-refractivity contribution in [1.82, 2.24) is 0 Å². The fourth-order valence-electron chi connectivity index (χ4n) is 2.66. The largest absolute Gasteiger partial charge is 0.364 e. The molecule has 0 saturated carbocycles. The summed E-state index contributed by atoms with van der Waals surface area (Å²) in [5.41, 5.74) is 4.21. The average molecular weight is 302 g/mol. The zero-order valence-electron chi connectivity index (χ0n) is 10.4. The highest BCUT2D eigenvalue weighted by molar-refractivity contribution is 9.10. The van der Waals surface area contributed by atoms with E-state index in [0.29, 0.717) is 6.04 Å². The molecule has 1 atom stereocenters. The molecule has 0 radical (unpaired) electrons. The summed E-state index contributed by atoms with van der Waals surface area (Å²) in [6.07, 6.45) is 1.15. The Labute approximate surface area is 117 Å². The number of benzene rings is 2. The van der Waals surface area contributed by atoms with E-state index in [4.69, 9.17) is 0 Å². The number of nitrogens with zero attached hydrogens (tertiary/aromatic N) is 1. The number of rotatable bonds is 2. The smallest absolute Gasteiger partial charge is 0.0432 e. The zero-order chi connectivity index (χ0) is 12.5. The quantitative estimate of drug-likeness (QED) is 0.794. The SMILES string of the molecule is C[C@@H]1Cc2ccc(Br)cc2N1Cc1ccccc1. The molecule has 2 aromatic rings. The lowest BCUT2D eigenvalue weighted by atomic mass is 10.1. The van der Waals surface area contributed by atoms with Crippen molar-refractivity contribution in [2.75, 3.05) is 4.90 Å². The minimum Gasteiger partial charge on any atom is -0.364 e. The average Bonchev–Trinajstić information content (AvgIpc) is 2.67. The Kier molecular flexibility index (Phi) is 3.13. The van der Waals surface area contributed by atoms with Crippen molar-refractivity contribution in [2.24, 2.45) is 0 Å². The molecule has 0 spiro atoms. The van der Waals surface area contributed by atoms with Crippen molar-refractivity contribution >= 4 is 21.6 Å². The highest BCUT2D eigenvalue weighted by Crippen LogP contribution is 2.35. The minimum atomic E-state index is 0.578. The lowest BCUT2D eigenvalue weighted by Gasteiger charge is -2.25. The first kappa shape index (κ1) is 11.8. The maximum Gasteiger partial charge on any atom is 0.0432 e. The number of hydrogen-bond donors (Lipinski definition) is 0. The van der Waals surface area contributed by atoms with E-state index >= 15 is 0 Å². The molecule has 0 unspecified atom stereocenters. The number of hydrogen-bond acceptors (Lipinski definition) is 1. The van der Waals surface area contributed by atoms with Crippen molar-refractivity contribution in [3.05, 3.63) is 64.1 Å². The Morgan fingerprint density at radius 2 is 1.94 bits per heavy atom. The predicted molar refractivity (Wildman–Crippen MR) is 79.9 cm³/mol. The van der Waals surface area contributed by atoms with E-state index in [0.717, 1.165) is 17.4 Å². The van der Waals surface area contributed by atoms with Crippen LogP contribution in [-0.2, 0) is 13.0 Å². The van der Waals surface area contributed by atoms with E-state index in [9.17, 15) is 0 Å². The number of halogens is 1. The van der Waals surface area contributed by atoms with Gasteiger partial charge in [-0.05, 0) is 36.6 Å². The molecule has 18 heavy (non-hydrogen) atoms. The maximum atomic E-state index is 3.57. The first-order chi connectivity index (χ1) is 8.74. The van der Waals surface area contributed by atoms with Gasteiger partial charge in [-0.1, -0.05) is 52.3 Å². The fraction of sp³-hybridized carbons (Fsp3) is 0.250. The summed E-state index contributed by atoms with van der Waals surface area (Å²) in [6, 6.07) is 17.9. The lowest BCUT2D eigenvalue weighted by Crippen LogP contribution is -2.28. The summed E-state index contributed by atoms with van der Waals surface area (Å²) in [4.78, 5) is 2.50. The second-order valence-electron chi connectivity index (χ2n) is 4.94. The van der Waals surface area contributed by atoms with Crippen molar-refractivity contribution in [3.63, 3.8) is 0 Å². The first-order valence-corrected chi connectivity index (χ1v) is 7.12. The third kappa shape index (κ3) is 2.17. The van der Waals surface area contributed by atoms with Crippen molar-refractivity contribution < 1.29 is 0 Å². The van der Waals surface area contributed by atoms with Gasteiger partial charge in [0, 0.05) is 22.7 Å². The molecule has 92 valence electrons. The van der Waals surface area contributed by atoms with Crippen molar-refractivity contribution in [2.45, 2.75) is 25.9 Å². The van der Waals surface area contributed by atoms with Gasteiger partial charge in [0.05, 0.1) is 0 Å². The molecule has 1 aliphatic rings. The van der Waals surface area contributed by atoms with E-state index in [-0.39, 0.29) is 0 Å². The topological polar surface area (TPSA) is 3.24 Å². The van der Waals surface area contributed by atoms with Crippen LogP contribution in [0.1, 0.15) is 18.1 Å². The van der Waals surface area contributed by atoms with Crippen LogP contribution in [0.2, 0.25) is 0 Å². The Hall–Kier alpha value is -1.28. The third-order valence-electron chi connectivity index (χ3n) is 3.60. The highest BCUT2D eigenvalue weighted by Gasteiger charge is 2.25. The second-order valence-corrected chi connectivity index (χ2v) is 5.86. The second kappa shape index (κ2) is 4.77. The molecule has 0 fully saturated rings. The van der Waals surface area contributed by atoms with Gasteiger partial charge >= 0.3 is 0 Å². The lowest BCUT2D eigenvalue weighted by molar-refractivity contribution is 0.672. The standard InChI is InChI=1S/C16H16BrN/c1-12-9-14-7-8-15(17)10-16(14)18(12)11-13-5-3-2-4-6-13/h2-8,10,12H,9,11H2,1H3/t12-/m1/s1. The molecular formula is C16H16BrN. The minimum absolute atomic E-state index is 0.578. The molecule has 3 rings (SSSR count). The Morgan fingerprint density at radius 3 is 2.72 bits per heavy atom. The molecule has 1 aliphatic heterocycles. The Bertz CT molecular complexity index is 550. The molecule has 2 heteroatoms. The van der Waals surface area contributed by atoms with Crippen LogP contribution in [0.4, 0.5) is 5.69 Å². The zero-order valence-corrected chi connectivity index (χ0v) is 12.0. The van der Waals surface area contributed by atoms with Crippen LogP contribution >= 0.6 is 15.9 Å². The van der Waals surface area contributed by atoms with E-state index < -0.39 is 0 Å². The van der Waals surface area contributed by atoms with Gasteiger partial charge in [-0.2, -0.15) is 0 Å². The van der Waals surface area contributed by atoms with Crippen LogP contribution in [0.15, 0.2) is 53.0 Å². The van der Waals surface area contributed by atoms with Crippen LogP contribution in [0.5, 0.6) is 0 Å². The van der Waals surface area contributed by atoms with E-state index in [2.05, 4.69) is 76.3 Å². The number of anilines is 1. The summed E-state index contributed by atoms with van der Waals surface area (Å²) < 4.78 is 1.16. The molecule has 0 aromatic heterocycles. The molecule has 0 N–H and O–H groups in total. The van der Waals surface area contributed by atoms with Gasteiger partial charge in [0.25, 0.3) is 0 Å². The van der Waals surface area contributed by atoms with Crippen LogP contribution in [-0.4, -0.2) is 6.04 Å². The van der Waals surface area contributed by atoms with Crippen LogP contribution in [0, 0.1) is 0 Å². The maximum absolute atomic E-state index is 3.57. The monoisotopic (exact) mass is 301 g/mol. The van der Waals surface area contributed by atoms with Crippen molar-refractivity contribution in [1.29, 1.82) is 0 Å². The van der Waals surface area contributed by atoms with Gasteiger partial charge < -0.3 is 4.90 Å². The molecule has 1 nitrogen and oxygen atoms in total. The van der Waals surface area contributed by atoms with Crippen LogP contribution in [0.25, 0.3) is 0 Å². The third-order valence-corrected chi connectivity index (χ3v) is 4.09. The van der Waals surface area contributed by atoms with Gasteiger partial charge in [-0.3, -0.25) is 0 Å². The summed E-state index contributed by atoms with van der Waals surface area (Å²) in [5.74, 6) is 0. The van der Waals surface area contributed by atoms with E-state index in [1.54, 1.807) is 0 Å². The summed E-state index contributed by atoms with van der Waals surface area (Å²) in [6.45, 7) is 3.29. The molecule has 0 bridgehead atoms.